The van der Waals surface area contributed by atoms with E-state index in [-0.39, 0.29) is 24.1 Å². The van der Waals surface area contributed by atoms with Crippen molar-refractivity contribution in [3.63, 3.8) is 0 Å². The molecule has 0 aliphatic carbocycles. The van der Waals surface area contributed by atoms with Crippen LogP contribution in [0, 0.1) is 0 Å². The lowest BCUT2D eigenvalue weighted by Gasteiger charge is -2.19. The first-order valence-corrected chi connectivity index (χ1v) is 7.43. The Morgan fingerprint density at radius 1 is 1.00 bits per heavy atom. The molecule has 0 bridgehead atoms. The lowest BCUT2D eigenvalue weighted by molar-refractivity contribution is -0.122. The molecule has 8 heteroatoms. The average Bonchev–Trinajstić information content (AvgIpc) is 3.10. The van der Waals surface area contributed by atoms with Gasteiger partial charge in [0.15, 0.2) is 0 Å². The number of benzene rings is 1. The van der Waals surface area contributed by atoms with Crippen molar-refractivity contribution in [2.45, 2.75) is 19.1 Å². The highest BCUT2D eigenvalue weighted by molar-refractivity contribution is 5.76. The van der Waals surface area contributed by atoms with Crippen LogP contribution >= 0.6 is 0 Å². The molecular formula is C16H16N6O2. The van der Waals surface area contributed by atoms with Crippen molar-refractivity contribution in [3.8, 4) is 0 Å². The van der Waals surface area contributed by atoms with Crippen LogP contribution in [0.2, 0.25) is 0 Å². The van der Waals surface area contributed by atoms with Crippen LogP contribution in [0.3, 0.4) is 0 Å². The van der Waals surface area contributed by atoms with Gasteiger partial charge in [-0.15, -0.1) is 0 Å². The Morgan fingerprint density at radius 3 is 2.46 bits per heavy atom. The van der Waals surface area contributed by atoms with E-state index in [1.165, 1.54) is 23.1 Å². The minimum absolute atomic E-state index is 0.143. The van der Waals surface area contributed by atoms with E-state index < -0.39 is 0 Å². The molecule has 0 spiro atoms. The standard InChI is InChI=1S/C16H16N6O2/c23-15(12-21-16(24)7-4-8-17-21)20-14(11-22-18-9-10-19-22)13-5-2-1-3-6-13/h1-10,14H,11-12H2,(H,20,23)/t14-/m0/s1. The van der Waals surface area contributed by atoms with E-state index in [1.54, 1.807) is 12.4 Å². The molecular weight excluding hydrogens is 308 g/mol. The molecule has 3 rings (SSSR count). The molecule has 3 aromatic rings. The number of rotatable bonds is 6. The van der Waals surface area contributed by atoms with Gasteiger partial charge < -0.3 is 5.32 Å². The van der Waals surface area contributed by atoms with E-state index in [0.717, 1.165) is 10.2 Å². The number of hydrogen-bond acceptors (Lipinski definition) is 5. The minimum atomic E-state index is -0.322. The van der Waals surface area contributed by atoms with Crippen molar-refractivity contribution < 1.29 is 4.79 Å². The van der Waals surface area contributed by atoms with E-state index in [9.17, 15) is 9.59 Å². The fraction of sp³-hybridized carbons (Fsp3) is 0.188. The van der Waals surface area contributed by atoms with Gasteiger partial charge in [-0.2, -0.15) is 20.1 Å². The van der Waals surface area contributed by atoms with Gasteiger partial charge in [0.2, 0.25) is 5.91 Å². The highest BCUT2D eigenvalue weighted by atomic mass is 16.2. The second-order valence-corrected chi connectivity index (χ2v) is 5.13. The average molecular weight is 324 g/mol. The fourth-order valence-electron chi connectivity index (χ4n) is 2.30. The van der Waals surface area contributed by atoms with Crippen molar-refractivity contribution in [2.24, 2.45) is 0 Å². The van der Waals surface area contributed by atoms with Crippen LogP contribution in [-0.4, -0.2) is 30.7 Å². The van der Waals surface area contributed by atoms with Crippen molar-refractivity contribution >= 4 is 5.91 Å². The van der Waals surface area contributed by atoms with Crippen LogP contribution in [0.25, 0.3) is 0 Å². The van der Waals surface area contributed by atoms with Crippen LogP contribution in [0.4, 0.5) is 0 Å². The Hall–Kier alpha value is -3.29. The number of hydrogen-bond donors (Lipinski definition) is 1. The van der Waals surface area contributed by atoms with Gasteiger partial charge in [-0.25, -0.2) is 4.68 Å². The summed E-state index contributed by atoms with van der Waals surface area (Å²) in [5.74, 6) is -0.309. The molecule has 1 N–H and O–H groups in total. The lowest BCUT2D eigenvalue weighted by atomic mass is 10.1. The van der Waals surface area contributed by atoms with Crippen molar-refractivity contribution in [3.05, 3.63) is 77.0 Å². The van der Waals surface area contributed by atoms with Gasteiger partial charge in [-0.3, -0.25) is 9.59 Å². The molecule has 8 nitrogen and oxygen atoms in total. The topological polar surface area (TPSA) is 94.7 Å². The molecule has 0 saturated carbocycles. The first-order chi connectivity index (χ1) is 11.7. The highest BCUT2D eigenvalue weighted by Crippen LogP contribution is 2.14. The Kier molecular flexibility index (Phi) is 4.76. The monoisotopic (exact) mass is 324 g/mol. The maximum absolute atomic E-state index is 12.3. The third kappa shape index (κ3) is 3.92. The van der Waals surface area contributed by atoms with Crippen LogP contribution < -0.4 is 10.9 Å². The smallest absolute Gasteiger partial charge is 0.267 e. The molecule has 0 saturated heterocycles. The summed E-state index contributed by atoms with van der Waals surface area (Å²) in [7, 11) is 0. The summed E-state index contributed by atoms with van der Waals surface area (Å²) in [6, 6.07) is 12.1. The van der Waals surface area contributed by atoms with Gasteiger partial charge in [0.1, 0.15) is 6.54 Å². The normalized spacial score (nSPS) is 11.8. The summed E-state index contributed by atoms with van der Waals surface area (Å²) in [4.78, 5) is 25.5. The number of nitrogens with one attached hydrogen (secondary N) is 1. The Bertz CT molecular complexity index is 844. The molecule has 0 unspecified atom stereocenters. The molecule has 0 radical (unpaired) electrons. The summed E-state index contributed by atoms with van der Waals surface area (Å²) >= 11 is 0. The van der Waals surface area contributed by atoms with Gasteiger partial charge in [-0.1, -0.05) is 30.3 Å². The summed E-state index contributed by atoms with van der Waals surface area (Å²) in [6.45, 7) is 0.245. The number of nitrogens with zero attached hydrogens (tertiary/aromatic N) is 5. The van der Waals surface area contributed by atoms with Gasteiger partial charge in [0.05, 0.1) is 25.0 Å². The van der Waals surface area contributed by atoms with E-state index in [0.29, 0.717) is 6.54 Å². The SMILES string of the molecule is O=C(Cn1ncccc1=O)N[C@@H](Cn1nccn1)c1ccccc1. The second kappa shape index (κ2) is 7.32. The molecule has 122 valence electrons. The van der Waals surface area contributed by atoms with Crippen LogP contribution in [0.1, 0.15) is 11.6 Å². The third-order valence-corrected chi connectivity index (χ3v) is 3.43. The maximum Gasteiger partial charge on any atom is 0.267 e. The largest absolute Gasteiger partial charge is 0.346 e. The quantitative estimate of drug-likeness (QED) is 0.708. The number of amides is 1. The highest BCUT2D eigenvalue weighted by Gasteiger charge is 2.16. The number of carbonyl (C=O) groups excluding carboxylic acids is 1. The molecule has 1 aromatic carbocycles. The summed E-state index contributed by atoms with van der Waals surface area (Å²) in [5, 5.41) is 14.9. The maximum atomic E-state index is 12.3. The molecule has 0 aliphatic heterocycles. The van der Waals surface area contributed by atoms with Gasteiger partial charge in [0.25, 0.3) is 5.56 Å². The molecule has 0 fully saturated rings. The summed E-state index contributed by atoms with van der Waals surface area (Å²) in [6.07, 6.45) is 4.63. The van der Waals surface area contributed by atoms with Gasteiger partial charge in [-0.05, 0) is 11.6 Å². The molecule has 1 amide bonds. The van der Waals surface area contributed by atoms with Crippen LogP contribution in [0.15, 0.2) is 65.8 Å². The van der Waals surface area contributed by atoms with Crippen molar-refractivity contribution in [1.82, 2.24) is 30.1 Å². The third-order valence-electron chi connectivity index (χ3n) is 3.43. The number of carbonyl (C=O) groups is 1. The first-order valence-electron chi connectivity index (χ1n) is 7.43. The second-order valence-electron chi connectivity index (χ2n) is 5.13. The first kappa shape index (κ1) is 15.6. The predicted molar refractivity (Wildman–Crippen MR) is 85.8 cm³/mol. The Balaban J connectivity index is 1.75. The van der Waals surface area contributed by atoms with Gasteiger partial charge in [0, 0.05) is 12.3 Å². The van der Waals surface area contributed by atoms with Crippen LogP contribution in [-0.2, 0) is 17.9 Å². The zero-order valence-electron chi connectivity index (χ0n) is 12.8. The van der Waals surface area contributed by atoms with Crippen molar-refractivity contribution in [1.29, 1.82) is 0 Å². The van der Waals surface area contributed by atoms with E-state index in [1.807, 2.05) is 30.3 Å². The molecule has 0 aliphatic rings. The summed E-state index contributed by atoms with van der Waals surface area (Å²) in [5.41, 5.74) is 0.606. The predicted octanol–water partition coefficient (Wildman–Crippen LogP) is 0.393. The van der Waals surface area contributed by atoms with Crippen LogP contribution in [0.5, 0.6) is 0 Å². The fourth-order valence-corrected chi connectivity index (χ4v) is 2.30. The summed E-state index contributed by atoms with van der Waals surface area (Å²) < 4.78 is 1.11. The molecule has 24 heavy (non-hydrogen) atoms. The zero-order valence-corrected chi connectivity index (χ0v) is 12.8. The molecule has 2 heterocycles. The zero-order chi connectivity index (χ0) is 16.8. The van der Waals surface area contributed by atoms with E-state index in [2.05, 4.69) is 20.6 Å². The minimum Gasteiger partial charge on any atom is -0.346 e. The van der Waals surface area contributed by atoms with Crippen molar-refractivity contribution in [2.75, 3.05) is 0 Å². The molecule has 2 aromatic heterocycles. The number of aromatic nitrogens is 5. The van der Waals surface area contributed by atoms with Gasteiger partial charge >= 0.3 is 0 Å². The van der Waals surface area contributed by atoms with E-state index >= 15 is 0 Å². The molecule has 1 atom stereocenters. The van der Waals surface area contributed by atoms with E-state index in [4.69, 9.17) is 0 Å². The Labute approximate surface area is 137 Å². The lowest BCUT2D eigenvalue weighted by Crippen LogP contribution is -2.37. The Morgan fingerprint density at radius 2 is 1.75 bits per heavy atom.